The van der Waals surface area contributed by atoms with Crippen LogP contribution in [0.25, 0.3) is 15.9 Å². The van der Waals surface area contributed by atoms with Crippen molar-refractivity contribution >= 4 is 27.5 Å². The van der Waals surface area contributed by atoms with Gasteiger partial charge < -0.3 is 5.32 Å². The van der Waals surface area contributed by atoms with Crippen molar-refractivity contribution in [1.82, 2.24) is 20.0 Å². The first kappa shape index (κ1) is 21.9. The van der Waals surface area contributed by atoms with Gasteiger partial charge in [0.1, 0.15) is 4.83 Å². The SMILES string of the molecule is Cc1ccccc1CN1CCC(CNC(=O)c2cc3c(C)nn(-c4ccccc4)c3s2)CC1. The van der Waals surface area contributed by atoms with Crippen molar-refractivity contribution < 1.29 is 4.79 Å². The van der Waals surface area contributed by atoms with E-state index in [9.17, 15) is 4.79 Å². The number of nitrogens with zero attached hydrogens (tertiary/aromatic N) is 3. The van der Waals surface area contributed by atoms with Crippen LogP contribution in [0.15, 0.2) is 60.7 Å². The number of hydrogen-bond acceptors (Lipinski definition) is 4. The molecule has 1 aliphatic heterocycles. The Morgan fingerprint density at radius 1 is 1.06 bits per heavy atom. The van der Waals surface area contributed by atoms with Crippen molar-refractivity contribution in [1.29, 1.82) is 0 Å². The summed E-state index contributed by atoms with van der Waals surface area (Å²) in [6.07, 6.45) is 2.25. The van der Waals surface area contributed by atoms with Crippen LogP contribution in [0, 0.1) is 19.8 Å². The predicted octanol–water partition coefficient (Wildman–Crippen LogP) is 5.35. The van der Waals surface area contributed by atoms with E-state index in [0.717, 1.165) is 65.5 Å². The Hall–Kier alpha value is -2.96. The Balaban J connectivity index is 1.18. The lowest BCUT2D eigenvalue weighted by Crippen LogP contribution is -2.38. The molecule has 4 aromatic rings. The normalized spacial score (nSPS) is 15.2. The molecule has 0 atom stereocenters. The highest BCUT2D eigenvalue weighted by Gasteiger charge is 2.22. The molecule has 5 nitrogen and oxygen atoms in total. The Morgan fingerprint density at radius 2 is 1.79 bits per heavy atom. The Bertz CT molecular complexity index is 1250. The first-order valence-corrected chi connectivity index (χ1v) is 12.5. The van der Waals surface area contributed by atoms with Crippen molar-refractivity contribution in [3.8, 4) is 5.69 Å². The van der Waals surface area contributed by atoms with Crippen LogP contribution in [0.5, 0.6) is 0 Å². The van der Waals surface area contributed by atoms with E-state index in [1.807, 2.05) is 48.0 Å². The van der Waals surface area contributed by atoms with Gasteiger partial charge in [0.05, 0.1) is 16.3 Å². The van der Waals surface area contributed by atoms with E-state index in [-0.39, 0.29) is 5.91 Å². The summed E-state index contributed by atoms with van der Waals surface area (Å²) in [6.45, 7) is 8.12. The summed E-state index contributed by atoms with van der Waals surface area (Å²) in [4.78, 5) is 17.2. The minimum Gasteiger partial charge on any atom is -0.351 e. The number of benzene rings is 2. The Kier molecular flexibility index (Phi) is 6.29. The van der Waals surface area contributed by atoms with Gasteiger partial charge in [0.2, 0.25) is 0 Å². The molecular formula is C27H30N4OS. The largest absolute Gasteiger partial charge is 0.351 e. The number of fused-ring (bicyclic) bond motifs is 1. The number of rotatable bonds is 6. The molecule has 0 saturated carbocycles. The lowest BCUT2D eigenvalue weighted by atomic mass is 9.96. The van der Waals surface area contributed by atoms with Crippen LogP contribution < -0.4 is 5.32 Å². The highest BCUT2D eigenvalue weighted by atomic mass is 32.1. The molecule has 2 aromatic heterocycles. The first-order valence-electron chi connectivity index (χ1n) is 11.7. The smallest absolute Gasteiger partial charge is 0.261 e. The van der Waals surface area contributed by atoms with Gasteiger partial charge in [0.15, 0.2) is 0 Å². The molecule has 2 aromatic carbocycles. The minimum atomic E-state index is 0.0255. The van der Waals surface area contributed by atoms with Crippen LogP contribution in [-0.4, -0.2) is 40.2 Å². The highest BCUT2D eigenvalue weighted by Crippen LogP contribution is 2.30. The third-order valence-electron chi connectivity index (χ3n) is 6.68. The van der Waals surface area contributed by atoms with Gasteiger partial charge in [0, 0.05) is 18.5 Å². The van der Waals surface area contributed by atoms with Crippen LogP contribution in [0.4, 0.5) is 0 Å². The van der Waals surface area contributed by atoms with Crippen molar-refractivity contribution in [2.24, 2.45) is 5.92 Å². The van der Waals surface area contributed by atoms with Gasteiger partial charge in [-0.25, -0.2) is 4.68 Å². The zero-order valence-electron chi connectivity index (χ0n) is 19.3. The fourth-order valence-corrected chi connectivity index (χ4v) is 5.70. The second-order valence-electron chi connectivity index (χ2n) is 9.02. The number of thiophene rings is 1. The van der Waals surface area contributed by atoms with Gasteiger partial charge in [-0.2, -0.15) is 5.10 Å². The van der Waals surface area contributed by atoms with E-state index >= 15 is 0 Å². The number of piperidine rings is 1. The molecule has 1 saturated heterocycles. The van der Waals surface area contributed by atoms with E-state index in [1.54, 1.807) is 0 Å². The van der Waals surface area contributed by atoms with Crippen molar-refractivity contribution in [3.05, 3.63) is 82.4 Å². The maximum Gasteiger partial charge on any atom is 0.261 e. The molecule has 3 heterocycles. The summed E-state index contributed by atoms with van der Waals surface area (Å²) in [5, 5.41) is 8.92. The van der Waals surface area contributed by atoms with Gasteiger partial charge in [-0.05, 0) is 75.0 Å². The number of nitrogens with one attached hydrogen (secondary N) is 1. The molecule has 0 radical (unpaired) electrons. The summed E-state index contributed by atoms with van der Waals surface area (Å²) in [6, 6.07) is 20.7. The van der Waals surface area contributed by atoms with Gasteiger partial charge in [-0.3, -0.25) is 9.69 Å². The molecule has 33 heavy (non-hydrogen) atoms. The number of hydrogen-bond donors (Lipinski definition) is 1. The molecule has 1 amide bonds. The molecular weight excluding hydrogens is 428 g/mol. The molecule has 1 fully saturated rings. The van der Waals surface area contributed by atoms with Gasteiger partial charge >= 0.3 is 0 Å². The summed E-state index contributed by atoms with van der Waals surface area (Å²) in [5.41, 5.74) is 4.74. The third-order valence-corrected chi connectivity index (χ3v) is 7.79. The molecule has 170 valence electrons. The number of aromatic nitrogens is 2. The van der Waals surface area contributed by atoms with Gasteiger partial charge in [0.25, 0.3) is 5.91 Å². The number of amides is 1. The van der Waals surface area contributed by atoms with Crippen molar-refractivity contribution in [2.75, 3.05) is 19.6 Å². The molecule has 0 aliphatic carbocycles. The summed E-state index contributed by atoms with van der Waals surface area (Å²) in [7, 11) is 0. The number of para-hydroxylation sites is 1. The number of carbonyl (C=O) groups is 1. The van der Waals surface area contributed by atoms with Crippen LogP contribution >= 0.6 is 11.3 Å². The minimum absolute atomic E-state index is 0.0255. The zero-order chi connectivity index (χ0) is 22.8. The maximum atomic E-state index is 12.9. The number of carbonyl (C=O) groups excluding carboxylic acids is 1. The Morgan fingerprint density at radius 3 is 2.55 bits per heavy atom. The van der Waals surface area contributed by atoms with E-state index in [4.69, 9.17) is 0 Å². The lowest BCUT2D eigenvalue weighted by Gasteiger charge is -2.32. The summed E-state index contributed by atoms with van der Waals surface area (Å²) in [5.74, 6) is 0.565. The Labute approximate surface area is 199 Å². The van der Waals surface area contributed by atoms with Crippen LogP contribution in [-0.2, 0) is 6.54 Å². The average Bonchev–Trinajstić information content (AvgIpc) is 3.41. The quantitative estimate of drug-likeness (QED) is 0.424. The maximum absolute atomic E-state index is 12.9. The molecule has 6 heteroatoms. The van der Waals surface area contributed by atoms with E-state index < -0.39 is 0 Å². The third kappa shape index (κ3) is 4.72. The summed E-state index contributed by atoms with van der Waals surface area (Å²) < 4.78 is 1.94. The average molecular weight is 459 g/mol. The highest BCUT2D eigenvalue weighted by molar-refractivity contribution is 7.20. The molecule has 1 aliphatic rings. The van der Waals surface area contributed by atoms with E-state index in [2.05, 4.69) is 46.5 Å². The second-order valence-corrected chi connectivity index (χ2v) is 10.0. The first-order chi connectivity index (χ1) is 16.1. The molecule has 5 rings (SSSR count). The molecule has 0 bridgehead atoms. The molecule has 1 N–H and O–H groups in total. The fraction of sp³-hybridized carbons (Fsp3) is 0.333. The van der Waals surface area contributed by atoms with Crippen LogP contribution in [0.2, 0.25) is 0 Å². The number of aryl methyl sites for hydroxylation is 2. The second kappa shape index (κ2) is 9.49. The van der Waals surface area contributed by atoms with E-state index in [1.165, 1.54) is 22.5 Å². The number of likely N-dealkylation sites (tertiary alicyclic amines) is 1. The molecule has 0 unspecified atom stereocenters. The van der Waals surface area contributed by atoms with Gasteiger partial charge in [-0.15, -0.1) is 11.3 Å². The lowest BCUT2D eigenvalue weighted by molar-refractivity contribution is 0.0939. The molecule has 0 spiro atoms. The fourth-order valence-electron chi connectivity index (χ4n) is 4.60. The van der Waals surface area contributed by atoms with Crippen LogP contribution in [0.1, 0.15) is 39.3 Å². The van der Waals surface area contributed by atoms with Crippen molar-refractivity contribution in [2.45, 2.75) is 33.2 Å². The van der Waals surface area contributed by atoms with E-state index in [0.29, 0.717) is 5.92 Å². The van der Waals surface area contributed by atoms with Gasteiger partial charge in [-0.1, -0.05) is 42.5 Å². The summed E-state index contributed by atoms with van der Waals surface area (Å²) >= 11 is 1.52. The topological polar surface area (TPSA) is 50.2 Å². The van der Waals surface area contributed by atoms with Crippen molar-refractivity contribution in [3.63, 3.8) is 0 Å². The zero-order valence-corrected chi connectivity index (χ0v) is 20.1. The standard InChI is InChI=1S/C27H30N4OS/c1-19-8-6-7-9-22(19)18-30-14-12-21(13-15-30)17-28-26(32)25-16-24-20(2)29-31(27(24)33-25)23-10-4-3-5-11-23/h3-11,16,21H,12-15,17-18H2,1-2H3,(H,28,32). The predicted molar refractivity (Wildman–Crippen MR) is 135 cm³/mol. The van der Waals surface area contributed by atoms with Crippen LogP contribution in [0.3, 0.4) is 0 Å². The monoisotopic (exact) mass is 458 g/mol.